The first kappa shape index (κ1) is 20.0. The third-order valence-electron chi connectivity index (χ3n) is 1.51. The van der Waals surface area contributed by atoms with Crippen LogP contribution >= 0.6 is 0 Å². The normalized spacial score (nSPS) is 7.53. The molecule has 1 rings (SSSR count). The monoisotopic (exact) mass is 431 g/mol. The van der Waals surface area contributed by atoms with Gasteiger partial charge in [-0.2, -0.15) is 0 Å². The Kier molecular flexibility index (Phi) is 11.8. The molecule has 0 bridgehead atoms. The van der Waals surface area contributed by atoms with E-state index in [1.807, 2.05) is 0 Å². The molecule has 0 amide bonds. The minimum absolute atomic E-state index is 0. The van der Waals surface area contributed by atoms with Crippen LogP contribution in [0.5, 0.6) is 0 Å². The van der Waals surface area contributed by atoms with Crippen LogP contribution in [0.25, 0.3) is 0 Å². The number of carbonyl (C=O) groups excluding carboxylic acids is 1. The van der Waals surface area contributed by atoms with Gasteiger partial charge in [0.05, 0.1) is 24.0 Å². The Morgan fingerprint density at radius 2 is 1.73 bits per heavy atom. The number of anilines is 2. The molecule has 0 atom stereocenters. The van der Waals surface area contributed by atoms with E-state index in [9.17, 15) is 4.79 Å². The molecule has 0 saturated carbocycles. The SMILES string of the molecule is COC(=O)c1ccc(N)c(N)c1.[Cl-].[Cl-].[Pt+2]. The van der Waals surface area contributed by atoms with Crippen LogP contribution in [0.4, 0.5) is 11.4 Å². The number of hydrogen-bond acceptors (Lipinski definition) is 4. The minimum atomic E-state index is -0.415. The Morgan fingerprint density at radius 1 is 1.20 bits per heavy atom. The van der Waals surface area contributed by atoms with Crippen LogP contribution in [0.1, 0.15) is 10.4 Å². The molecular weight excluding hydrogens is 422 g/mol. The molecule has 1 aromatic rings. The summed E-state index contributed by atoms with van der Waals surface area (Å²) in [6, 6.07) is 4.63. The standard InChI is InChI=1S/C8H10N2O2.2ClH.Pt/c1-12-8(11)5-2-3-6(9)7(10)4-5;;;/h2-4H,9-10H2,1H3;2*1H;/q;;;+2/p-2. The van der Waals surface area contributed by atoms with Gasteiger partial charge in [0, 0.05) is 0 Å². The van der Waals surface area contributed by atoms with E-state index in [4.69, 9.17) is 11.5 Å². The number of esters is 1. The number of halogens is 2. The van der Waals surface area contributed by atoms with Crippen molar-refractivity contribution in [1.82, 2.24) is 0 Å². The van der Waals surface area contributed by atoms with E-state index in [-0.39, 0.29) is 45.9 Å². The molecule has 15 heavy (non-hydrogen) atoms. The Hall–Kier alpha value is -0.442. The Balaban J connectivity index is -0.000000480. The fourth-order valence-corrected chi connectivity index (χ4v) is 0.820. The average Bonchev–Trinajstić information content (AvgIpc) is 2.08. The van der Waals surface area contributed by atoms with Crippen molar-refractivity contribution in [3.63, 3.8) is 0 Å². The van der Waals surface area contributed by atoms with E-state index in [1.165, 1.54) is 13.2 Å². The third-order valence-corrected chi connectivity index (χ3v) is 1.51. The van der Waals surface area contributed by atoms with Gasteiger partial charge in [-0.05, 0) is 18.2 Å². The molecule has 7 heteroatoms. The number of ether oxygens (including phenoxy) is 1. The van der Waals surface area contributed by atoms with Crippen molar-refractivity contribution in [2.24, 2.45) is 0 Å². The Bertz CT molecular complexity index is 324. The van der Waals surface area contributed by atoms with Crippen LogP contribution < -0.4 is 36.3 Å². The maximum Gasteiger partial charge on any atom is 2.00 e. The second-order valence-electron chi connectivity index (χ2n) is 2.34. The van der Waals surface area contributed by atoms with Crippen molar-refractivity contribution >= 4 is 17.3 Å². The second kappa shape index (κ2) is 8.83. The predicted octanol–water partition coefficient (Wildman–Crippen LogP) is -5.36. The maximum atomic E-state index is 11.0. The Morgan fingerprint density at radius 3 is 2.13 bits per heavy atom. The summed E-state index contributed by atoms with van der Waals surface area (Å²) < 4.78 is 4.50. The molecule has 0 radical (unpaired) electrons. The fourth-order valence-electron chi connectivity index (χ4n) is 0.820. The smallest absolute Gasteiger partial charge is 1.00 e. The van der Waals surface area contributed by atoms with Gasteiger partial charge in [-0.3, -0.25) is 0 Å². The number of carbonyl (C=O) groups is 1. The average molecular weight is 432 g/mol. The van der Waals surface area contributed by atoms with Gasteiger partial charge in [0.15, 0.2) is 0 Å². The third kappa shape index (κ3) is 5.26. The van der Waals surface area contributed by atoms with Crippen LogP contribution in [-0.4, -0.2) is 13.1 Å². The molecule has 0 fully saturated rings. The molecular formula is C8H10Cl2N2O2Pt. The van der Waals surface area contributed by atoms with Gasteiger partial charge >= 0.3 is 27.0 Å². The van der Waals surface area contributed by atoms with E-state index in [0.29, 0.717) is 16.9 Å². The number of rotatable bonds is 1. The van der Waals surface area contributed by atoms with Crippen LogP contribution in [0.2, 0.25) is 0 Å². The predicted molar refractivity (Wildman–Crippen MR) is 46.6 cm³/mol. The zero-order valence-electron chi connectivity index (χ0n) is 7.78. The first-order chi connectivity index (χ1) is 5.65. The molecule has 0 aliphatic heterocycles. The molecule has 0 aliphatic carbocycles. The Labute approximate surface area is 115 Å². The maximum absolute atomic E-state index is 11.0. The number of hydrogen-bond donors (Lipinski definition) is 2. The van der Waals surface area contributed by atoms with Gasteiger partial charge in [-0.1, -0.05) is 0 Å². The van der Waals surface area contributed by atoms with Gasteiger partial charge in [-0.15, -0.1) is 0 Å². The van der Waals surface area contributed by atoms with Crippen molar-refractivity contribution in [1.29, 1.82) is 0 Å². The minimum Gasteiger partial charge on any atom is -1.00 e. The summed E-state index contributed by atoms with van der Waals surface area (Å²) in [5.41, 5.74) is 12.2. The molecule has 0 spiro atoms. The molecule has 1 aromatic carbocycles. The van der Waals surface area contributed by atoms with E-state index < -0.39 is 5.97 Å². The van der Waals surface area contributed by atoms with E-state index in [0.717, 1.165) is 0 Å². The van der Waals surface area contributed by atoms with Gasteiger partial charge in [0.2, 0.25) is 0 Å². The molecule has 0 heterocycles. The largest absolute Gasteiger partial charge is 2.00 e. The zero-order chi connectivity index (χ0) is 9.14. The molecule has 4 nitrogen and oxygen atoms in total. The topological polar surface area (TPSA) is 78.3 Å². The quantitative estimate of drug-likeness (QED) is 0.344. The van der Waals surface area contributed by atoms with Crippen LogP contribution in [-0.2, 0) is 25.8 Å². The first-order valence-electron chi connectivity index (χ1n) is 3.38. The summed E-state index contributed by atoms with van der Waals surface area (Å²) in [6.07, 6.45) is 0. The van der Waals surface area contributed by atoms with Crippen LogP contribution in [0.3, 0.4) is 0 Å². The number of benzene rings is 1. The summed E-state index contributed by atoms with van der Waals surface area (Å²) >= 11 is 0. The molecule has 0 aliphatic rings. The van der Waals surface area contributed by atoms with Gasteiger partial charge in [-0.25, -0.2) is 4.79 Å². The van der Waals surface area contributed by atoms with Crippen molar-refractivity contribution < 1.29 is 55.4 Å². The molecule has 0 unspecified atom stereocenters. The summed E-state index contributed by atoms with van der Waals surface area (Å²) in [4.78, 5) is 11.0. The second-order valence-corrected chi connectivity index (χ2v) is 2.34. The number of methoxy groups -OCH3 is 1. The van der Waals surface area contributed by atoms with Crippen molar-refractivity contribution in [3.05, 3.63) is 23.8 Å². The molecule has 0 aromatic heterocycles. The van der Waals surface area contributed by atoms with Crippen molar-refractivity contribution in [2.75, 3.05) is 18.6 Å². The fraction of sp³-hybridized carbons (Fsp3) is 0.125. The van der Waals surface area contributed by atoms with Gasteiger partial charge < -0.3 is 41.0 Å². The molecule has 4 N–H and O–H groups in total. The summed E-state index contributed by atoms with van der Waals surface area (Å²) in [5.74, 6) is -0.415. The van der Waals surface area contributed by atoms with Gasteiger partial charge in [0.25, 0.3) is 0 Å². The van der Waals surface area contributed by atoms with Crippen LogP contribution in [0, 0.1) is 0 Å². The first-order valence-corrected chi connectivity index (χ1v) is 3.38. The molecule has 88 valence electrons. The number of nitrogen functional groups attached to an aromatic ring is 2. The van der Waals surface area contributed by atoms with Crippen molar-refractivity contribution in [3.8, 4) is 0 Å². The van der Waals surface area contributed by atoms with Gasteiger partial charge in [0.1, 0.15) is 0 Å². The van der Waals surface area contributed by atoms with E-state index in [1.54, 1.807) is 12.1 Å². The summed E-state index contributed by atoms with van der Waals surface area (Å²) in [6.45, 7) is 0. The number of nitrogens with two attached hydrogens (primary N) is 2. The van der Waals surface area contributed by atoms with E-state index in [2.05, 4.69) is 4.74 Å². The molecule has 0 saturated heterocycles. The van der Waals surface area contributed by atoms with Crippen LogP contribution in [0.15, 0.2) is 18.2 Å². The summed E-state index contributed by atoms with van der Waals surface area (Å²) in [5, 5.41) is 0. The van der Waals surface area contributed by atoms with Crippen molar-refractivity contribution in [2.45, 2.75) is 0 Å². The summed E-state index contributed by atoms with van der Waals surface area (Å²) in [7, 11) is 1.31. The van der Waals surface area contributed by atoms with E-state index >= 15 is 0 Å². The zero-order valence-corrected chi connectivity index (χ0v) is 11.6.